The summed E-state index contributed by atoms with van der Waals surface area (Å²) >= 11 is 0. The molecule has 0 bridgehead atoms. The fraction of sp³-hybridized carbons (Fsp3) is 0.500. The lowest BCUT2D eigenvalue weighted by atomic mass is 10.0. The van der Waals surface area contributed by atoms with E-state index in [-0.39, 0.29) is 11.9 Å². The van der Waals surface area contributed by atoms with Crippen molar-refractivity contribution in [2.24, 2.45) is 0 Å². The molecule has 25 heavy (non-hydrogen) atoms. The molecule has 0 saturated carbocycles. The van der Waals surface area contributed by atoms with Gasteiger partial charge in [0.25, 0.3) is 0 Å². The van der Waals surface area contributed by atoms with Gasteiger partial charge in [-0.05, 0) is 19.8 Å². The third kappa shape index (κ3) is 4.62. The van der Waals surface area contributed by atoms with Crippen molar-refractivity contribution in [2.75, 3.05) is 18.4 Å². The average Bonchev–Trinajstić information content (AvgIpc) is 2.58. The van der Waals surface area contributed by atoms with Gasteiger partial charge in [-0.2, -0.15) is 13.2 Å². The lowest BCUT2D eigenvalue weighted by Crippen LogP contribution is -2.39. The van der Waals surface area contributed by atoms with E-state index in [1.54, 1.807) is 12.4 Å². The summed E-state index contributed by atoms with van der Waals surface area (Å²) in [6.07, 6.45) is 1.49. The van der Waals surface area contributed by atoms with E-state index < -0.39 is 11.9 Å². The Balaban J connectivity index is 1.54. The molecule has 6 nitrogen and oxygen atoms in total. The van der Waals surface area contributed by atoms with E-state index >= 15 is 0 Å². The van der Waals surface area contributed by atoms with Crippen molar-refractivity contribution >= 4 is 5.82 Å². The second kappa shape index (κ2) is 7.30. The summed E-state index contributed by atoms with van der Waals surface area (Å²) in [6.45, 7) is 4.35. The summed E-state index contributed by atoms with van der Waals surface area (Å²) in [5, 5.41) is 3.08. The van der Waals surface area contributed by atoms with Gasteiger partial charge in [0.2, 0.25) is 0 Å². The van der Waals surface area contributed by atoms with Gasteiger partial charge >= 0.3 is 6.18 Å². The molecule has 134 valence electrons. The molecule has 1 N–H and O–H groups in total. The van der Waals surface area contributed by atoms with E-state index in [1.165, 1.54) is 0 Å². The normalized spacial score (nSPS) is 16.8. The SMILES string of the molecule is Cc1nccnc1CN1CCC(Nc2cc(C(F)(F)F)ncn2)CC1. The van der Waals surface area contributed by atoms with Crippen molar-refractivity contribution in [2.45, 2.75) is 38.5 Å². The molecule has 0 atom stereocenters. The van der Waals surface area contributed by atoms with Crippen LogP contribution in [0.15, 0.2) is 24.8 Å². The van der Waals surface area contributed by atoms with Crippen molar-refractivity contribution in [3.8, 4) is 0 Å². The van der Waals surface area contributed by atoms with Crippen molar-refractivity contribution < 1.29 is 13.2 Å². The number of aromatic nitrogens is 4. The van der Waals surface area contributed by atoms with Crippen LogP contribution in [0.2, 0.25) is 0 Å². The Morgan fingerprint density at radius 1 is 1.12 bits per heavy atom. The van der Waals surface area contributed by atoms with Gasteiger partial charge in [-0.1, -0.05) is 0 Å². The highest BCUT2D eigenvalue weighted by atomic mass is 19.4. The van der Waals surface area contributed by atoms with E-state index in [9.17, 15) is 13.2 Å². The second-order valence-electron chi connectivity index (χ2n) is 6.07. The van der Waals surface area contributed by atoms with Gasteiger partial charge in [-0.25, -0.2) is 9.97 Å². The summed E-state index contributed by atoms with van der Waals surface area (Å²) in [7, 11) is 0. The quantitative estimate of drug-likeness (QED) is 0.913. The summed E-state index contributed by atoms with van der Waals surface area (Å²) in [5.74, 6) is 0.213. The Hall–Kier alpha value is -2.29. The molecule has 0 unspecified atom stereocenters. The summed E-state index contributed by atoms with van der Waals surface area (Å²) < 4.78 is 38.1. The van der Waals surface area contributed by atoms with Crippen LogP contribution in [-0.2, 0) is 12.7 Å². The molecule has 1 fully saturated rings. The molecule has 2 aromatic rings. The van der Waals surface area contributed by atoms with E-state index in [0.29, 0.717) is 0 Å². The smallest absolute Gasteiger partial charge is 0.367 e. The Kier molecular flexibility index (Phi) is 5.12. The van der Waals surface area contributed by atoms with E-state index in [4.69, 9.17) is 0 Å². The van der Waals surface area contributed by atoms with E-state index in [2.05, 4.69) is 30.2 Å². The Bertz CT molecular complexity index is 713. The summed E-state index contributed by atoms with van der Waals surface area (Å²) in [5.41, 5.74) is 0.948. The van der Waals surface area contributed by atoms with Crippen LogP contribution in [0.3, 0.4) is 0 Å². The highest BCUT2D eigenvalue weighted by Gasteiger charge is 2.33. The van der Waals surface area contributed by atoms with Gasteiger partial charge in [0, 0.05) is 44.1 Å². The Morgan fingerprint density at radius 2 is 1.84 bits per heavy atom. The zero-order chi connectivity index (χ0) is 17.9. The average molecular weight is 352 g/mol. The monoisotopic (exact) mass is 352 g/mol. The number of halogens is 3. The maximum Gasteiger partial charge on any atom is 0.433 e. The van der Waals surface area contributed by atoms with E-state index in [1.807, 2.05) is 6.92 Å². The van der Waals surface area contributed by atoms with Gasteiger partial charge in [0.15, 0.2) is 0 Å². The standard InChI is InChI=1S/C16H19F3N6/c1-11-13(21-5-4-20-11)9-25-6-2-12(3-7-25)24-15-8-14(16(17,18)19)22-10-23-15/h4-5,8,10,12H,2-3,6-7,9H2,1H3,(H,22,23,24). The minimum absolute atomic E-state index is 0.0928. The second-order valence-corrected chi connectivity index (χ2v) is 6.07. The Morgan fingerprint density at radius 3 is 2.52 bits per heavy atom. The number of hydrogen-bond donors (Lipinski definition) is 1. The van der Waals surface area contributed by atoms with Crippen LogP contribution in [0, 0.1) is 6.92 Å². The molecular formula is C16H19F3N6. The molecule has 3 rings (SSSR count). The van der Waals surface area contributed by atoms with Crippen LogP contribution >= 0.6 is 0 Å². The number of hydrogen-bond acceptors (Lipinski definition) is 6. The Labute approximate surface area is 143 Å². The minimum Gasteiger partial charge on any atom is -0.367 e. The molecule has 9 heteroatoms. The number of alkyl halides is 3. The largest absolute Gasteiger partial charge is 0.433 e. The van der Waals surface area contributed by atoms with Crippen molar-refractivity contribution in [3.63, 3.8) is 0 Å². The first-order valence-corrected chi connectivity index (χ1v) is 8.06. The van der Waals surface area contributed by atoms with E-state index in [0.717, 1.165) is 56.3 Å². The number of nitrogens with one attached hydrogen (secondary N) is 1. The molecule has 1 aliphatic rings. The first kappa shape index (κ1) is 17.5. The number of aryl methyl sites for hydroxylation is 1. The molecule has 0 aliphatic carbocycles. The van der Waals surface area contributed by atoms with Gasteiger partial charge in [0.05, 0.1) is 11.4 Å². The maximum absolute atomic E-state index is 12.7. The molecule has 1 saturated heterocycles. The summed E-state index contributed by atoms with van der Waals surface area (Å²) in [4.78, 5) is 18.0. The molecule has 0 aromatic carbocycles. The first-order chi connectivity index (χ1) is 11.9. The number of piperidine rings is 1. The molecule has 2 aromatic heterocycles. The third-order valence-electron chi connectivity index (χ3n) is 4.25. The molecule has 1 aliphatic heterocycles. The van der Waals surface area contributed by atoms with Crippen molar-refractivity contribution in [1.29, 1.82) is 0 Å². The van der Waals surface area contributed by atoms with Crippen LogP contribution in [0.1, 0.15) is 29.9 Å². The fourth-order valence-electron chi connectivity index (χ4n) is 2.84. The molecule has 3 heterocycles. The van der Waals surface area contributed by atoms with Crippen LogP contribution < -0.4 is 5.32 Å². The fourth-order valence-corrected chi connectivity index (χ4v) is 2.84. The van der Waals surface area contributed by atoms with Gasteiger partial charge in [-0.15, -0.1) is 0 Å². The first-order valence-electron chi connectivity index (χ1n) is 8.06. The van der Waals surface area contributed by atoms with Gasteiger partial charge in [-0.3, -0.25) is 14.9 Å². The van der Waals surface area contributed by atoms with Gasteiger partial charge < -0.3 is 5.32 Å². The highest BCUT2D eigenvalue weighted by molar-refractivity contribution is 5.36. The van der Waals surface area contributed by atoms with Crippen molar-refractivity contribution in [3.05, 3.63) is 41.9 Å². The zero-order valence-electron chi connectivity index (χ0n) is 13.8. The lowest BCUT2D eigenvalue weighted by Gasteiger charge is -2.32. The maximum atomic E-state index is 12.7. The predicted molar refractivity (Wildman–Crippen MR) is 85.7 cm³/mol. The highest BCUT2D eigenvalue weighted by Crippen LogP contribution is 2.28. The number of rotatable bonds is 4. The molecule has 0 amide bonds. The van der Waals surface area contributed by atoms with Crippen molar-refractivity contribution in [1.82, 2.24) is 24.8 Å². The predicted octanol–water partition coefficient (Wildman–Crippen LogP) is 2.67. The van der Waals surface area contributed by atoms with Gasteiger partial charge in [0.1, 0.15) is 17.8 Å². The summed E-state index contributed by atoms with van der Waals surface area (Å²) in [6, 6.07) is 1.05. The third-order valence-corrected chi connectivity index (χ3v) is 4.25. The van der Waals surface area contributed by atoms with Crippen LogP contribution in [0.5, 0.6) is 0 Å². The molecular weight excluding hydrogens is 333 g/mol. The van der Waals surface area contributed by atoms with Crippen LogP contribution in [0.4, 0.5) is 19.0 Å². The zero-order valence-corrected chi connectivity index (χ0v) is 13.8. The minimum atomic E-state index is -4.46. The lowest BCUT2D eigenvalue weighted by molar-refractivity contribution is -0.141. The molecule has 0 spiro atoms. The number of nitrogens with zero attached hydrogens (tertiary/aromatic N) is 5. The molecule has 0 radical (unpaired) electrons. The topological polar surface area (TPSA) is 66.8 Å². The van der Waals surface area contributed by atoms with Crippen LogP contribution in [-0.4, -0.2) is 44.0 Å². The number of likely N-dealkylation sites (tertiary alicyclic amines) is 1. The number of anilines is 1. The van der Waals surface area contributed by atoms with Crippen LogP contribution in [0.25, 0.3) is 0 Å².